The minimum absolute atomic E-state index is 0.127. The maximum Gasteiger partial charge on any atom is 0.139 e. The molecule has 0 aliphatic heterocycles. The summed E-state index contributed by atoms with van der Waals surface area (Å²) in [5.41, 5.74) is 5.95. The van der Waals surface area contributed by atoms with Gasteiger partial charge >= 0.3 is 0 Å². The highest BCUT2D eigenvalue weighted by Gasteiger charge is 2.12. The van der Waals surface area contributed by atoms with E-state index in [1.165, 1.54) is 12.1 Å². The van der Waals surface area contributed by atoms with E-state index >= 15 is 0 Å². The Balaban J connectivity index is 2.43. The molecule has 0 spiro atoms. The number of ether oxygens (including phenoxy) is 1. The molecule has 0 unspecified atom stereocenters. The number of amidine groups is 1. The third kappa shape index (κ3) is 3.33. The number of rotatable bonds is 3. The van der Waals surface area contributed by atoms with E-state index in [4.69, 9.17) is 15.9 Å². The summed E-state index contributed by atoms with van der Waals surface area (Å²) in [6.45, 7) is 0. The maximum absolute atomic E-state index is 13.3. The summed E-state index contributed by atoms with van der Waals surface area (Å²) < 4.78 is 20.1. The zero-order chi connectivity index (χ0) is 14.0. The summed E-state index contributed by atoms with van der Waals surface area (Å²) in [6, 6.07) is 9.40. The summed E-state index contributed by atoms with van der Waals surface area (Å²) in [5.74, 6) is 0.175. The second kappa shape index (κ2) is 5.71. The predicted octanol–water partition coefficient (Wildman–Crippen LogP) is 4.43. The monoisotopic (exact) mass is 386 g/mol. The van der Waals surface area contributed by atoms with Gasteiger partial charge in [0, 0.05) is 15.0 Å². The van der Waals surface area contributed by atoms with E-state index in [1.54, 1.807) is 24.3 Å². The van der Waals surface area contributed by atoms with Crippen LogP contribution < -0.4 is 10.5 Å². The molecule has 0 aromatic heterocycles. The Morgan fingerprint density at radius 1 is 1.21 bits per heavy atom. The number of halogens is 3. The lowest BCUT2D eigenvalue weighted by molar-refractivity contribution is 0.475. The number of nitrogens with one attached hydrogen (secondary N) is 1. The molecule has 0 bridgehead atoms. The molecular formula is C13H9Br2FN2O. The van der Waals surface area contributed by atoms with Gasteiger partial charge < -0.3 is 10.5 Å². The normalized spacial score (nSPS) is 10.3. The Morgan fingerprint density at radius 2 is 1.95 bits per heavy atom. The second-order valence-corrected chi connectivity index (χ2v) is 5.50. The van der Waals surface area contributed by atoms with Crippen molar-refractivity contribution in [2.75, 3.05) is 0 Å². The second-order valence-electron chi connectivity index (χ2n) is 3.73. The lowest BCUT2D eigenvalue weighted by atomic mass is 10.2. The van der Waals surface area contributed by atoms with Crippen LogP contribution in [0, 0.1) is 11.2 Å². The molecule has 3 N–H and O–H groups in total. The molecule has 6 heteroatoms. The average molecular weight is 388 g/mol. The molecule has 0 aliphatic rings. The molecule has 0 heterocycles. The van der Waals surface area contributed by atoms with Gasteiger partial charge in [0.05, 0.1) is 5.56 Å². The van der Waals surface area contributed by atoms with Crippen LogP contribution in [0.3, 0.4) is 0 Å². The number of hydrogen-bond acceptors (Lipinski definition) is 2. The van der Waals surface area contributed by atoms with E-state index < -0.39 is 5.82 Å². The van der Waals surface area contributed by atoms with E-state index in [0.29, 0.717) is 26.0 Å². The van der Waals surface area contributed by atoms with Crippen LogP contribution in [0.5, 0.6) is 11.5 Å². The van der Waals surface area contributed by atoms with Crippen molar-refractivity contribution in [1.29, 1.82) is 5.41 Å². The zero-order valence-electron chi connectivity index (χ0n) is 9.58. The quantitative estimate of drug-likeness (QED) is 0.604. The van der Waals surface area contributed by atoms with Crippen LogP contribution in [-0.2, 0) is 0 Å². The summed E-state index contributed by atoms with van der Waals surface area (Å²) in [6.07, 6.45) is 0. The summed E-state index contributed by atoms with van der Waals surface area (Å²) in [4.78, 5) is 0. The molecule has 3 nitrogen and oxygen atoms in total. The first-order valence-electron chi connectivity index (χ1n) is 5.24. The molecular weight excluding hydrogens is 379 g/mol. The number of nitrogen functional groups attached to an aromatic ring is 1. The predicted molar refractivity (Wildman–Crippen MR) is 79.3 cm³/mol. The van der Waals surface area contributed by atoms with Gasteiger partial charge in [0.25, 0.3) is 0 Å². The Kier molecular flexibility index (Phi) is 4.21. The zero-order valence-corrected chi connectivity index (χ0v) is 12.8. The fourth-order valence-corrected chi connectivity index (χ4v) is 2.57. The summed E-state index contributed by atoms with van der Waals surface area (Å²) in [7, 11) is 0. The smallest absolute Gasteiger partial charge is 0.139 e. The molecule has 0 amide bonds. The Labute approximate surface area is 126 Å². The number of benzene rings is 2. The Morgan fingerprint density at radius 3 is 2.58 bits per heavy atom. The van der Waals surface area contributed by atoms with Gasteiger partial charge in [-0.25, -0.2) is 4.39 Å². The van der Waals surface area contributed by atoms with Gasteiger partial charge in [0.2, 0.25) is 0 Å². The number of hydrogen-bond donors (Lipinski definition) is 2. The van der Waals surface area contributed by atoms with Gasteiger partial charge in [-0.2, -0.15) is 0 Å². The standard InChI is InChI=1S/C13H9Br2FN2O/c14-7-4-8(16)6-9(5-7)19-11-3-1-2-10(15)12(11)13(17)18/h1-6H,(H3,17,18). The first-order chi connectivity index (χ1) is 8.97. The fraction of sp³-hybridized carbons (Fsp3) is 0. The van der Waals surface area contributed by atoms with Gasteiger partial charge in [-0.05, 0) is 40.2 Å². The van der Waals surface area contributed by atoms with Gasteiger partial charge in [-0.15, -0.1) is 0 Å². The van der Waals surface area contributed by atoms with Crippen molar-refractivity contribution in [3.63, 3.8) is 0 Å². The van der Waals surface area contributed by atoms with E-state index in [9.17, 15) is 4.39 Å². The lowest BCUT2D eigenvalue weighted by Crippen LogP contribution is -2.13. The molecule has 0 saturated carbocycles. The van der Waals surface area contributed by atoms with Crippen LogP contribution in [0.1, 0.15) is 5.56 Å². The average Bonchev–Trinajstić information content (AvgIpc) is 2.26. The largest absolute Gasteiger partial charge is 0.456 e. The van der Waals surface area contributed by atoms with Crippen molar-refractivity contribution in [3.8, 4) is 11.5 Å². The van der Waals surface area contributed by atoms with Gasteiger partial charge in [0.1, 0.15) is 23.2 Å². The van der Waals surface area contributed by atoms with Gasteiger partial charge in [0.15, 0.2) is 0 Å². The first-order valence-corrected chi connectivity index (χ1v) is 6.83. The third-order valence-corrected chi connectivity index (χ3v) is 3.43. The van der Waals surface area contributed by atoms with Crippen molar-refractivity contribution in [2.45, 2.75) is 0 Å². The maximum atomic E-state index is 13.3. The molecule has 2 aromatic carbocycles. The SMILES string of the molecule is N=C(N)c1c(Br)cccc1Oc1cc(F)cc(Br)c1. The van der Waals surface area contributed by atoms with Gasteiger partial charge in [-0.3, -0.25) is 5.41 Å². The van der Waals surface area contributed by atoms with Crippen molar-refractivity contribution >= 4 is 37.7 Å². The molecule has 19 heavy (non-hydrogen) atoms. The Hall–Kier alpha value is -1.40. The van der Waals surface area contributed by atoms with Crippen molar-refractivity contribution in [1.82, 2.24) is 0 Å². The van der Waals surface area contributed by atoms with E-state index in [2.05, 4.69) is 31.9 Å². The van der Waals surface area contributed by atoms with Crippen molar-refractivity contribution < 1.29 is 9.13 Å². The Bertz CT molecular complexity index is 626. The van der Waals surface area contributed by atoms with Crippen LogP contribution in [0.4, 0.5) is 4.39 Å². The van der Waals surface area contributed by atoms with Gasteiger partial charge in [-0.1, -0.05) is 22.0 Å². The minimum Gasteiger partial charge on any atom is -0.456 e. The molecule has 98 valence electrons. The highest BCUT2D eigenvalue weighted by molar-refractivity contribution is 9.10. The molecule has 0 saturated heterocycles. The van der Waals surface area contributed by atoms with Crippen LogP contribution in [-0.4, -0.2) is 5.84 Å². The van der Waals surface area contributed by atoms with Crippen molar-refractivity contribution in [3.05, 3.63) is 56.7 Å². The van der Waals surface area contributed by atoms with Crippen molar-refractivity contribution in [2.24, 2.45) is 5.73 Å². The molecule has 2 rings (SSSR count). The first kappa shape index (κ1) is 14.0. The lowest BCUT2D eigenvalue weighted by Gasteiger charge is -2.12. The molecule has 0 fully saturated rings. The molecule has 0 aliphatic carbocycles. The van der Waals surface area contributed by atoms with Crippen LogP contribution in [0.2, 0.25) is 0 Å². The van der Waals surface area contributed by atoms with E-state index in [1.807, 2.05) is 0 Å². The van der Waals surface area contributed by atoms with Crippen LogP contribution in [0.25, 0.3) is 0 Å². The third-order valence-electron chi connectivity index (χ3n) is 2.31. The molecule has 0 atom stereocenters. The highest BCUT2D eigenvalue weighted by atomic mass is 79.9. The minimum atomic E-state index is -0.413. The molecule has 2 aromatic rings. The van der Waals surface area contributed by atoms with E-state index in [0.717, 1.165) is 0 Å². The van der Waals surface area contributed by atoms with Crippen LogP contribution in [0.15, 0.2) is 45.3 Å². The molecule has 0 radical (unpaired) electrons. The topological polar surface area (TPSA) is 59.1 Å². The van der Waals surface area contributed by atoms with E-state index in [-0.39, 0.29) is 5.84 Å². The fourth-order valence-electron chi connectivity index (χ4n) is 1.57. The van der Waals surface area contributed by atoms with Crippen LogP contribution >= 0.6 is 31.9 Å². The highest BCUT2D eigenvalue weighted by Crippen LogP contribution is 2.31. The summed E-state index contributed by atoms with van der Waals surface area (Å²) in [5, 5.41) is 7.55. The summed E-state index contributed by atoms with van der Waals surface area (Å²) >= 11 is 6.50. The number of nitrogens with two attached hydrogens (primary N) is 1.